The van der Waals surface area contributed by atoms with Crippen molar-refractivity contribution in [3.63, 3.8) is 0 Å². The Morgan fingerprint density at radius 1 is 0.980 bits per heavy atom. The average molecular weight is 677 g/mol. The van der Waals surface area contributed by atoms with Crippen LogP contribution in [0.5, 0.6) is 0 Å². The molecular weight excluding hydrogens is 624 g/mol. The maximum atomic E-state index is 14.9. The predicted octanol–water partition coefficient (Wildman–Crippen LogP) is 7.38. The molecule has 0 bridgehead atoms. The van der Waals surface area contributed by atoms with E-state index in [0.717, 1.165) is 44.2 Å². The van der Waals surface area contributed by atoms with Gasteiger partial charge < -0.3 is 18.7 Å². The Hall–Kier alpha value is -3.43. The lowest BCUT2D eigenvalue weighted by molar-refractivity contribution is -0.209. The molecular formula is C39H52N2O8. The number of carbonyl (C=O) groups is 3. The molecule has 0 aromatic carbocycles. The van der Waals surface area contributed by atoms with Crippen LogP contribution in [0.4, 0.5) is 0 Å². The summed E-state index contributed by atoms with van der Waals surface area (Å²) in [5.74, 6) is -1.87. The van der Waals surface area contributed by atoms with E-state index in [1.165, 1.54) is 5.57 Å². The topological polar surface area (TPSA) is 142 Å². The summed E-state index contributed by atoms with van der Waals surface area (Å²) in [4.78, 5) is 53.6. The van der Waals surface area contributed by atoms with E-state index < -0.39 is 34.0 Å². The summed E-state index contributed by atoms with van der Waals surface area (Å²) in [5, 5.41) is 15.0. The van der Waals surface area contributed by atoms with Crippen molar-refractivity contribution in [2.75, 3.05) is 0 Å². The van der Waals surface area contributed by atoms with Gasteiger partial charge in [-0.15, -0.1) is 0 Å². The fraction of sp³-hybridized carbons (Fsp3) is 0.718. The van der Waals surface area contributed by atoms with E-state index in [9.17, 15) is 24.3 Å². The highest BCUT2D eigenvalue weighted by Gasteiger charge is 2.72. The number of carboxylic acid groups (broad SMARTS) is 1. The van der Waals surface area contributed by atoms with Gasteiger partial charge in [0.15, 0.2) is 23.9 Å². The van der Waals surface area contributed by atoms with Gasteiger partial charge in [-0.3, -0.25) is 19.1 Å². The number of carboxylic acids is 1. The van der Waals surface area contributed by atoms with Crippen LogP contribution in [0.3, 0.4) is 0 Å². The second kappa shape index (κ2) is 10.8. The van der Waals surface area contributed by atoms with E-state index >= 15 is 0 Å². The van der Waals surface area contributed by atoms with Gasteiger partial charge in [-0.2, -0.15) is 5.10 Å². The van der Waals surface area contributed by atoms with Gasteiger partial charge in [-0.25, -0.2) is 4.79 Å². The number of allylic oxidation sites excluding steroid dienone is 2. The molecule has 5 aliphatic rings. The van der Waals surface area contributed by atoms with Crippen LogP contribution >= 0.6 is 0 Å². The molecule has 1 N–H and O–H groups in total. The van der Waals surface area contributed by atoms with Gasteiger partial charge in [0.1, 0.15) is 0 Å². The SMILES string of the molecule is Cc1ccn([C@H]2CC[C@@]3(C)[C@@H](CC[C@]4(C)[C@@H]3C(=O)C=C3[C@@H]5C[C@@](C)(C(=O)O)CC[C@]5(C)CC[C@]34C)[C@]2(C)C(=O)OCc2oc(=O)oc2C)n1. The molecule has 49 heavy (non-hydrogen) atoms. The van der Waals surface area contributed by atoms with Crippen LogP contribution in [0.1, 0.15) is 123 Å². The normalized spacial score (nSPS) is 43.0. The van der Waals surface area contributed by atoms with Gasteiger partial charge in [0.05, 0.1) is 22.6 Å². The van der Waals surface area contributed by atoms with Crippen molar-refractivity contribution in [1.29, 1.82) is 0 Å². The van der Waals surface area contributed by atoms with Crippen molar-refractivity contribution in [2.24, 2.45) is 50.2 Å². The Morgan fingerprint density at radius 2 is 1.69 bits per heavy atom. The monoisotopic (exact) mass is 676 g/mol. The van der Waals surface area contributed by atoms with Crippen LogP contribution in [0.25, 0.3) is 0 Å². The highest BCUT2D eigenvalue weighted by molar-refractivity contribution is 5.96. The first kappa shape index (κ1) is 34.0. The van der Waals surface area contributed by atoms with Crippen LogP contribution in [-0.4, -0.2) is 32.6 Å². The number of fused-ring (bicyclic) bond motifs is 7. The first-order valence-corrected chi connectivity index (χ1v) is 18.1. The molecule has 7 rings (SSSR count). The minimum atomic E-state index is -1.03. The van der Waals surface area contributed by atoms with Crippen molar-refractivity contribution in [3.8, 4) is 0 Å². The maximum absolute atomic E-state index is 14.9. The molecule has 0 unspecified atom stereocenters. The summed E-state index contributed by atoms with van der Waals surface area (Å²) in [5.41, 5.74) is -1.00. The third kappa shape index (κ3) is 4.60. The zero-order chi connectivity index (χ0) is 35.5. The molecule has 4 fully saturated rings. The molecule has 10 atom stereocenters. The second-order valence-corrected chi connectivity index (χ2v) is 17.8. The van der Waals surface area contributed by atoms with Crippen molar-refractivity contribution in [3.05, 3.63) is 51.7 Å². The quantitative estimate of drug-likeness (QED) is 0.321. The van der Waals surface area contributed by atoms with Gasteiger partial charge in [0, 0.05) is 12.1 Å². The molecule has 0 saturated heterocycles. The smallest absolute Gasteiger partial charge is 0.481 e. The number of hydrogen-bond acceptors (Lipinski definition) is 8. The Labute approximate surface area is 288 Å². The summed E-state index contributed by atoms with van der Waals surface area (Å²) in [6.07, 6.45) is 10.8. The van der Waals surface area contributed by atoms with Crippen molar-refractivity contribution in [2.45, 2.75) is 126 Å². The zero-order valence-corrected chi connectivity index (χ0v) is 30.3. The lowest BCUT2D eigenvalue weighted by Crippen LogP contribution is -2.67. The number of ketones is 1. The lowest BCUT2D eigenvalue weighted by Gasteiger charge is -2.70. The number of nitrogens with zero attached hydrogens (tertiary/aromatic N) is 2. The molecule has 2 aromatic rings. The standard InChI is InChI=1S/C39H52N2O8/c1-22-11-18-41(40-22)29-10-12-36(5)28(39(29,8)32(45)47-21-27-23(2)48-33(46)49-27)9-13-38(7)30(36)26(42)19-24-25-20-35(4,31(43)44)15-14-34(25,3)16-17-37(24,38)6/h11,18-19,25,28-30H,9-10,12-17,20-21H2,1-8H3,(H,43,44)/t25-,28+,29-,30+,34+,35-,36-,37+,38+,39-/m0/s1. The number of esters is 1. The first-order valence-electron chi connectivity index (χ1n) is 18.1. The van der Waals surface area contributed by atoms with E-state index in [0.29, 0.717) is 19.3 Å². The van der Waals surface area contributed by atoms with Crippen molar-refractivity contribution in [1.82, 2.24) is 9.78 Å². The Bertz CT molecular complexity index is 1820. The fourth-order valence-corrected chi connectivity index (χ4v) is 12.1. The lowest BCUT2D eigenvalue weighted by atomic mass is 9.33. The third-order valence-corrected chi connectivity index (χ3v) is 15.4. The van der Waals surface area contributed by atoms with Gasteiger partial charge in [-0.05, 0) is 131 Å². The van der Waals surface area contributed by atoms with Crippen LogP contribution < -0.4 is 5.82 Å². The molecule has 10 nitrogen and oxygen atoms in total. The molecule has 2 aromatic heterocycles. The Balaban J connectivity index is 1.29. The largest absolute Gasteiger partial charge is 0.519 e. The van der Waals surface area contributed by atoms with Crippen LogP contribution in [0, 0.1) is 64.1 Å². The van der Waals surface area contributed by atoms with E-state index in [2.05, 4.69) is 27.7 Å². The Morgan fingerprint density at radius 3 is 2.33 bits per heavy atom. The second-order valence-electron chi connectivity index (χ2n) is 17.8. The van der Waals surface area contributed by atoms with Crippen LogP contribution in [0.15, 0.2) is 37.5 Å². The number of aliphatic carboxylic acids is 1. The highest BCUT2D eigenvalue weighted by atomic mass is 16.6. The Kier molecular flexibility index (Phi) is 7.49. The van der Waals surface area contributed by atoms with Crippen molar-refractivity contribution >= 4 is 17.7 Å². The third-order valence-electron chi connectivity index (χ3n) is 15.4. The van der Waals surface area contributed by atoms with Crippen molar-refractivity contribution < 1.29 is 33.1 Å². The summed E-state index contributed by atoms with van der Waals surface area (Å²) in [7, 11) is 0. The van der Waals surface area contributed by atoms with Gasteiger partial charge >= 0.3 is 17.8 Å². The molecule has 0 spiro atoms. The van der Waals surface area contributed by atoms with Crippen LogP contribution in [-0.2, 0) is 25.7 Å². The van der Waals surface area contributed by atoms with Gasteiger partial charge in [0.25, 0.3) is 0 Å². The minimum absolute atomic E-state index is 0.0281. The summed E-state index contributed by atoms with van der Waals surface area (Å²) in [6.45, 7) is 16.4. The molecule has 0 aliphatic heterocycles. The molecule has 0 radical (unpaired) electrons. The predicted molar refractivity (Wildman–Crippen MR) is 179 cm³/mol. The van der Waals surface area contributed by atoms with E-state index in [1.54, 1.807) is 6.92 Å². The fourth-order valence-electron chi connectivity index (χ4n) is 12.1. The average Bonchev–Trinajstić information content (AvgIpc) is 3.60. The summed E-state index contributed by atoms with van der Waals surface area (Å²) < 4.78 is 18.1. The van der Waals surface area contributed by atoms with Crippen LogP contribution in [0.2, 0.25) is 0 Å². The highest BCUT2D eigenvalue weighted by Crippen LogP contribution is 2.76. The molecule has 4 saturated carbocycles. The van der Waals surface area contributed by atoms with E-state index in [4.69, 9.17) is 18.7 Å². The molecule has 266 valence electrons. The van der Waals surface area contributed by atoms with E-state index in [1.807, 2.05) is 43.8 Å². The molecule has 0 amide bonds. The molecule has 10 heteroatoms. The summed E-state index contributed by atoms with van der Waals surface area (Å²) >= 11 is 0. The van der Waals surface area contributed by atoms with Gasteiger partial charge in [-0.1, -0.05) is 33.3 Å². The number of ether oxygens (including phenoxy) is 1. The molecule has 5 aliphatic carbocycles. The molecule has 2 heterocycles. The number of rotatable bonds is 5. The number of carbonyl (C=O) groups excluding carboxylic acids is 2. The van der Waals surface area contributed by atoms with E-state index in [-0.39, 0.29) is 64.0 Å². The number of aryl methyl sites for hydroxylation is 2. The number of hydrogen-bond donors (Lipinski definition) is 1. The van der Waals surface area contributed by atoms with Gasteiger partial charge in [0.2, 0.25) is 0 Å². The summed E-state index contributed by atoms with van der Waals surface area (Å²) in [6, 6.07) is 1.65. The maximum Gasteiger partial charge on any atom is 0.519 e. The zero-order valence-electron chi connectivity index (χ0n) is 30.3. The first-order chi connectivity index (χ1) is 22.8. The minimum Gasteiger partial charge on any atom is -0.481 e. The number of aromatic nitrogens is 2.